The van der Waals surface area contributed by atoms with Crippen molar-refractivity contribution in [2.75, 3.05) is 38.6 Å². The summed E-state index contributed by atoms with van der Waals surface area (Å²) in [5.41, 5.74) is 0. The SMILES string of the molecule is CN1C[C@@H]2[C@@H](CNc3ncccn3)CO[C@@H]2C1.O=C(O)C(F)(F)F.O=C(O)C(F)(F)F. The van der Waals surface area contributed by atoms with Crippen LogP contribution in [-0.4, -0.2) is 88.8 Å². The molecule has 3 N–H and O–H groups in total. The molecule has 15 heteroatoms. The molecule has 0 aromatic carbocycles. The molecule has 3 atom stereocenters. The van der Waals surface area contributed by atoms with Gasteiger partial charge in [-0.15, -0.1) is 0 Å². The predicted octanol–water partition coefficient (Wildman–Crippen LogP) is 1.73. The van der Waals surface area contributed by atoms with Crippen molar-refractivity contribution in [3.8, 4) is 0 Å². The highest BCUT2D eigenvalue weighted by molar-refractivity contribution is 5.73. The number of anilines is 1. The van der Waals surface area contributed by atoms with Gasteiger partial charge < -0.3 is 25.2 Å². The number of halogens is 6. The van der Waals surface area contributed by atoms with Gasteiger partial charge in [0.1, 0.15) is 0 Å². The average Bonchev–Trinajstić information content (AvgIpc) is 3.19. The number of carboxylic acid groups (broad SMARTS) is 2. The molecule has 2 aliphatic heterocycles. The van der Waals surface area contributed by atoms with Crippen molar-refractivity contribution in [1.29, 1.82) is 0 Å². The molecule has 9 nitrogen and oxygen atoms in total. The van der Waals surface area contributed by atoms with Crippen molar-refractivity contribution < 1.29 is 50.9 Å². The number of alkyl halides is 6. The molecule has 0 radical (unpaired) electrons. The van der Waals surface area contributed by atoms with Gasteiger partial charge in [-0.3, -0.25) is 0 Å². The topological polar surface area (TPSA) is 125 Å². The van der Waals surface area contributed by atoms with Gasteiger partial charge >= 0.3 is 24.3 Å². The maximum Gasteiger partial charge on any atom is 0.490 e. The fourth-order valence-electron chi connectivity index (χ4n) is 2.82. The summed E-state index contributed by atoms with van der Waals surface area (Å²) in [5.74, 6) is -3.56. The molecule has 176 valence electrons. The molecule has 31 heavy (non-hydrogen) atoms. The van der Waals surface area contributed by atoms with Crippen molar-refractivity contribution in [1.82, 2.24) is 14.9 Å². The van der Waals surface area contributed by atoms with E-state index < -0.39 is 24.3 Å². The number of rotatable bonds is 3. The minimum Gasteiger partial charge on any atom is -0.475 e. The molecular formula is C16H20F6N4O5. The first-order valence-corrected chi connectivity index (χ1v) is 8.63. The Balaban J connectivity index is 0.000000288. The Kier molecular flexibility index (Phi) is 9.42. The lowest BCUT2D eigenvalue weighted by molar-refractivity contribution is -0.193. The van der Waals surface area contributed by atoms with Crippen LogP contribution in [0.1, 0.15) is 0 Å². The molecule has 1 aromatic heterocycles. The third kappa shape index (κ3) is 9.33. The smallest absolute Gasteiger partial charge is 0.475 e. The number of carboxylic acids is 2. The zero-order chi connectivity index (χ0) is 23.8. The number of aliphatic carboxylic acids is 2. The Morgan fingerprint density at radius 1 is 1.10 bits per heavy atom. The van der Waals surface area contributed by atoms with Crippen molar-refractivity contribution in [2.24, 2.45) is 11.8 Å². The van der Waals surface area contributed by atoms with E-state index in [1.54, 1.807) is 12.4 Å². The summed E-state index contributed by atoms with van der Waals surface area (Å²) >= 11 is 0. The fraction of sp³-hybridized carbons (Fsp3) is 0.625. The van der Waals surface area contributed by atoms with Crippen LogP contribution in [0.25, 0.3) is 0 Å². The van der Waals surface area contributed by atoms with Gasteiger partial charge in [-0.25, -0.2) is 19.6 Å². The average molecular weight is 462 g/mol. The number of nitrogens with zero attached hydrogens (tertiary/aromatic N) is 3. The minimum atomic E-state index is -5.08. The van der Waals surface area contributed by atoms with Crippen molar-refractivity contribution in [2.45, 2.75) is 18.5 Å². The van der Waals surface area contributed by atoms with Crippen LogP contribution in [-0.2, 0) is 14.3 Å². The number of hydrogen-bond donors (Lipinski definition) is 3. The van der Waals surface area contributed by atoms with E-state index in [2.05, 4.69) is 27.2 Å². The van der Waals surface area contributed by atoms with Crippen LogP contribution < -0.4 is 5.32 Å². The van der Waals surface area contributed by atoms with Gasteiger partial charge in [-0.05, 0) is 13.1 Å². The summed E-state index contributed by atoms with van der Waals surface area (Å²) in [5, 5.41) is 17.5. The molecule has 3 rings (SSSR count). The number of likely N-dealkylation sites (tertiary alicyclic amines) is 1. The molecule has 0 bridgehead atoms. The summed E-state index contributed by atoms with van der Waals surface area (Å²) in [6, 6.07) is 1.83. The molecule has 0 amide bonds. The van der Waals surface area contributed by atoms with E-state index in [-0.39, 0.29) is 0 Å². The number of carbonyl (C=O) groups is 2. The van der Waals surface area contributed by atoms with Crippen LogP contribution in [0.2, 0.25) is 0 Å². The van der Waals surface area contributed by atoms with Gasteiger partial charge in [-0.2, -0.15) is 26.3 Å². The second kappa shape index (κ2) is 11.1. The number of nitrogens with one attached hydrogen (secondary N) is 1. The minimum absolute atomic E-state index is 0.434. The number of likely N-dealkylation sites (N-methyl/N-ethyl adjacent to an activating group) is 1. The summed E-state index contributed by atoms with van der Waals surface area (Å²) < 4.78 is 69.3. The largest absolute Gasteiger partial charge is 0.490 e. The number of ether oxygens (including phenoxy) is 1. The van der Waals surface area contributed by atoms with Gasteiger partial charge in [-0.1, -0.05) is 0 Å². The third-order valence-electron chi connectivity index (χ3n) is 4.19. The highest BCUT2D eigenvalue weighted by atomic mass is 19.4. The Bertz CT molecular complexity index is 695. The van der Waals surface area contributed by atoms with E-state index in [4.69, 9.17) is 24.5 Å². The van der Waals surface area contributed by atoms with E-state index in [1.165, 1.54) is 0 Å². The molecule has 3 heterocycles. The van der Waals surface area contributed by atoms with E-state index in [0.717, 1.165) is 26.2 Å². The maximum atomic E-state index is 10.6. The molecule has 2 saturated heterocycles. The first kappa shape index (κ1) is 26.4. The third-order valence-corrected chi connectivity index (χ3v) is 4.19. The van der Waals surface area contributed by atoms with Crippen LogP contribution in [0, 0.1) is 11.8 Å². The van der Waals surface area contributed by atoms with Crippen LogP contribution >= 0.6 is 0 Å². The van der Waals surface area contributed by atoms with Gasteiger partial charge in [0.15, 0.2) is 0 Å². The second-order valence-corrected chi connectivity index (χ2v) is 6.58. The number of aromatic nitrogens is 2. The van der Waals surface area contributed by atoms with E-state index in [1.807, 2.05) is 6.07 Å². The Morgan fingerprint density at radius 2 is 1.58 bits per heavy atom. The Morgan fingerprint density at radius 3 is 2.03 bits per heavy atom. The summed E-state index contributed by atoms with van der Waals surface area (Å²) in [7, 11) is 2.16. The van der Waals surface area contributed by atoms with Crippen LogP contribution in [0.5, 0.6) is 0 Å². The van der Waals surface area contributed by atoms with E-state index in [0.29, 0.717) is 23.9 Å². The number of hydrogen-bond acceptors (Lipinski definition) is 7. The molecule has 0 unspecified atom stereocenters. The van der Waals surface area contributed by atoms with Crippen molar-refractivity contribution >= 4 is 17.9 Å². The first-order valence-electron chi connectivity index (χ1n) is 8.63. The molecule has 2 aliphatic rings. The lowest BCUT2D eigenvalue weighted by Gasteiger charge is -2.17. The first-order chi connectivity index (χ1) is 14.2. The Labute approximate surface area is 172 Å². The van der Waals surface area contributed by atoms with Gasteiger partial charge in [0.2, 0.25) is 5.95 Å². The predicted molar refractivity (Wildman–Crippen MR) is 92.1 cm³/mol. The van der Waals surface area contributed by atoms with E-state index >= 15 is 0 Å². The standard InChI is InChI=1S/C12H18N4O.2C2HF3O2/c1-16-6-10-9(8-17-11(10)7-16)5-15-12-13-3-2-4-14-12;2*3-2(4,5)1(6)7/h2-4,9-11H,5-8H2,1H3,(H,13,14,15);2*(H,6,7)/t9-,10+,11+;;/m0../s1. The summed E-state index contributed by atoms with van der Waals surface area (Å²) in [4.78, 5) is 28.5. The summed E-state index contributed by atoms with van der Waals surface area (Å²) in [6.45, 7) is 3.98. The van der Waals surface area contributed by atoms with Gasteiger partial charge in [0.05, 0.1) is 12.7 Å². The lowest BCUT2D eigenvalue weighted by atomic mass is 9.93. The highest BCUT2D eigenvalue weighted by Crippen LogP contribution is 2.32. The van der Waals surface area contributed by atoms with Crippen molar-refractivity contribution in [3.05, 3.63) is 18.5 Å². The normalized spacial score (nSPS) is 23.0. The molecule has 0 aliphatic carbocycles. The number of fused-ring (bicyclic) bond motifs is 1. The van der Waals surface area contributed by atoms with Crippen molar-refractivity contribution in [3.63, 3.8) is 0 Å². The summed E-state index contributed by atoms with van der Waals surface area (Å²) in [6.07, 6.45) is -6.22. The maximum absolute atomic E-state index is 10.6. The molecule has 0 saturated carbocycles. The zero-order valence-electron chi connectivity index (χ0n) is 16.0. The molecule has 0 spiro atoms. The molecular weight excluding hydrogens is 442 g/mol. The zero-order valence-corrected chi connectivity index (χ0v) is 16.0. The van der Waals surface area contributed by atoms with Crippen LogP contribution in [0.3, 0.4) is 0 Å². The molecule has 1 aromatic rings. The second-order valence-electron chi connectivity index (χ2n) is 6.58. The van der Waals surface area contributed by atoms with E-state index in [9.17, 15) is 26.3 Å². The lowest BCUT2D eigenvalue weighted by Crippen LogP contribution is -2.26. The van der Waals surface area contributed by atoms with Gasteiger partial charge in [0.25, 0.3) is 0 Å². The highest BCUT2D eigenvalue weighted by Gasteiger charge is 2.42. The monoisotopic (exact) mass is 462 g/mol. The Hall–Kier alpha value is -2.68. The molecule has 2 fully saturated rings. The quantitative estimate of drug-likeness (QED) is 0.576. The van der Waals surface area contributed by atoms with Crippen LogP contribution in [0.15, 0.2) is 18.5 Å². The fourth-order valence-corrected chi connectivity index (χ4v) is 2.82. The van der Waals surface area contributed by atoms with Gasteiger partial charge in [0, 0.05) is 43.9 Å². The van der Waals surface area contributed by atoms with Crippen LogP contribution in [0.4, 0.5) is 32.3 Å².